The van der Waals surface area contributed by atoms with E-state index in [-0.39, 0.29) is 0 Å². The lowest BCUT2D eigenvalue weighted by Crippen LogP contribution is -1.88. The Bertz CT molecular complexity index is 1690. The average Bonchev–Trinajstić information content (AvgIpc) is 3.29. The highest BCUT2D eigenvalue weighted by molar-refractivity contribution is 8.00. The van der Waals surface area contributed by atoms with E-state index in [1.807, 2.05) is 30.5 Å². The molecular weight excluding hydrogens is 511 g/mol. The van der Waals surface area contributed by atoms with Crippen molar-refractivity contribution < 1.29 is 0 Å². The molecule has 0 bridgehead atoms. The van der Waals surface area contributed by atoms with Gasteiger partial charge in [0.2, 0.25) is 0 Å². The molecule has 0 unspecified atom stereocenters. The molecule has 0 atom stereocenters. The summed E-state index contributed by atoms with van der Waals surface area (Å²) in [5.41, 5.74) is 4.03. The fourth-order valence-electron chi connectivity index (χ4n) is 4.15. The fraction of sp³-hybridized carbons (Fsp3) is 0.0345. The first-order chi connectivity index (χ1) is 17.1. The minimum atomic E-state index is 0.691. The van der Waals surface area contributed by atoms with Crippen LogP contribution in [0, 0.1) is 0 Å². The quantitative estimate of drug-likeness (QED) is 0.126. The lowest BCUT2D eigenvalue weighted by molar-refractivity contribution is 1.29. The highest BCUT2D eigenvalue weighted by atomic mass is 35.5. The van der Waals surface area contributed by atoms with Gasteiger partial charge in [-0.3, -0.25) is 4.99 Å². The molecule has 6 rings (SSSR count). The van der Waals surface area contributed by atoms with E-state index in [4.69, 9.17) is 33.2 Å². The number of hydrogen-bond acceptors (Lipinski definition) is 4. The van der Waals surface area contributed by atoms with E-state index in [2.05, 4.69) is 60.7 Å². The molecule has 0 radical (unpaired) electrons. The van der Waals surface area contributed by atoms with Gasteiger partial charge >= 0.3 is 0 Å². The molecule has 0 aliphatic rings. The van der Waals surface area contributed by atoms with Gasteiger partial charge in [0.25, 0.3) is 0 Å². The lowest BCUT2D eigenvalue weighted by atomic mass is 9.97. The predicted octanol–water partition coefficient (Wildman–Crippen LogP) is 9.95. The first kappa shape index (κ1) is 22.6. The summed E-state index contributed by atoms with van der Waals surface area (Å²) >= 11 is 15.8. The second-order valence-corrected chi connectivity index (χ2v) is 11.2. The number of halogens is 2. The molecular formula is C29H18Cl2N2S2. The van der Waals surface area contributed by atoms with Gasteiger partial charge in [0.05, 0.1) is 15.9 Å². The van der Waals surface area contributed by atoms with Crippen LogP contribution in [-0.4, -0.2) is 11.2 Å². The smallest absolute Gasteiger partial charge is 0.151 e. The maximum atomic E-state index is 6.32. The lowest BCUT2D eigenvalue weighted by Gasteiger charge is -2.07. The van der Waals surface area contributed by atoms with E-state index in [9.17, 15) is 0 Å². The van der Waals surface area contributed by atoms with Crippen LogP contribution in [-0.2, 0) is 5.75 Å². The van der Waals surface area contributed by atoms with Crippen LogP contribution in [0.4, 0.5) is 5.69 Å². The number of nitrogens with zero attached hydrogens (tertiary/aromatic N) is 2. The molecule has 0 amide bonds. The molecule has 1 heterocycles. The van der Waals surface area contributed by atoms with Gasteiger partial charge in [-0.05, 0) is 69.6 Å². The molecule has 6 heteroatoms. The number of aromatic nitrogens is 1. The summed E-state index contributed by atoms with van der Waals surface area (Å²) in [5, 5.41) is 6.25. The summed E-state index contributed by atoms with van der Waals surface area (Å²) in [6.07, 6.45) is 1.99. The van der Waals surface area contributed by atoms with E-state index in [1.165, 1.54) is 21.5 Å². The van der Waals surface area contributed by atoms with Crippen LogP contribution in [0.1, 0.15) is 11.1 Å². The van der Waals surface area contributed by atoms with Gasteiger partial charge in [0, 0.05) is 27.6 Å². The zero-order valence-corrected chi connectivity index (χ0v) is 21.6. The number of fused-ring (bicyclic) bond motifs is 3. The zero-order valence-electron chi connectivity index (χ0n) is 18.4. The Kier molecular flexibility index (Phi) is 6.21. The summed E-state index contributed by atoms with van der Waals surface area (Å²) in [7, 11) is 0. The Morgan fingerprint density at radius 1 is 0.829 bits per heavy atom. The van der Waals surface area contributed by atoms with Gasteiger partial charge in [-0.2, -0.15) is 0 Å². The second kappa shape index (κ2) is 9.63. The molecule has 0 N–H and O–H groups in total. The van der Waals surface area contributed by atoms with Gasteiger partial charge in [0.15, 0.2) is 4.34 Å². The van der Waals surface area contributed by atoms with Crippen molar-refractivity contribution in [2.24, 2.45) is 4.99 Å². The summed E-state index contributed by atoms with van der Waals surface area (Å²) in [6, 6.07) is 30.9. The Balaban J connectivity index is 1.31. The van der Waals surface area contributed by atoms with E-state index < -0.39 is 0 Å². The van der Waals surface area contributed by atoms with Crippen LogP contribution in [0.3, 0.4) is 0 Å². The van der Waals surface area contributed by atoms with E-state index in [1.54, 1.807) is 29.2 Å². The fourth-order valence-corrected chi connectivity index (χ4v) is 6.71. The topological polar surface area (TPSA) is 25.2 Å². The molecule has 1 aromatic heterocycles. The summed E-state index contributed by atoms with van der Waals surface area (Å²) in [6.45, 7) is 0. The highest BCUT2D eigenvalue weighted by Gasteiger charge is 2.09. The molecule has 6 aromatic rings. The summed E-state index contributed by atoms with van der Waals surface area (Å²) in [4.78, 5) is 9.64. The van der Waals surface area contributed by atoms with Crippen molar-refractivity contribution >= 4 is 90.0 Å². The van der Waals surface area contributed by atoms with Crippen molar-refractivity contribution in [1.82, 2.24) is 4.98 Å². The third kappa shape index (κ3) is 4.67. The van der Waals surface area contributed by atoms with Crippen molar-refractivity contribution in [2.45, 2.75) is 10.1 Å². The Morgan fingerprint density at radius 2 is 1.57 bits per heavy atom. The third-order valence-corrected chi connectivity index (χ3v) is 8.68. The largest absolute Gasteiger partial charge is 0.256 e. The number of hydrogen-bond donors (Lipinski definition) is 0. The van der Waals surface area contributed by atoms with Gasteiger partial charge in [-0.1, -0.05) is 83.5 Å². The van der Waals surface area contributed by atoms with Gasteiger partial charge in [-0.25, -0.2) is 4.98 Å². The monoisotopic (exact) mass is 528 g/mol. The molecule has 0 spiro atoms. The Hall–Kier alpha value is -2.89. The molecule has 0 aliphatic carbocycles. The van der Waals surface area contributed by atoms with Crippen LogP contribution in [0.5, 0.6) is 0 Å². The van der Waals surface area contributed by atoms with Crippen LogP contribution < -0.4 is 0 Å². The average molecular weight is 530 g/mol. The van der Waals surface area contributed by atoms with Crippen LogP contribution in [0.15, 0.2) is 100 Å². The number of thiazole rings is 1. The molecule has 2 nitrogen and oxygen atoms in total. The molecule has 170 valence electrons. The number of aliphatic imine (C=N–C) groups is 1. The van der Waals surface area contributed by atoms with Crippen LogP contribution in [0.2, 0.25) is 10.0 Å². The van der Waals surface area contributed by atoms with Gasteiger partial charge in [-0.15, -0.1) is 11.3 Å². The number of benzene rings is 5. The van der Waals surface area contributed by atoms with Crippen molar-refractivity contribution in [1.29, 1.82) is 0 Å². The first-order valence-electron chi connectivity index (χ1n) is 11.1. The molecule has 0 saturated carbocycles. The zero-order chi connectivity index (χ0) is 23.8. The van der Waals surface area contributed by atoms with E-state index in [0.29, 0.717) is 5.02 Å². The third-order valence-electron chi connectivity index (χ3n) is 5.87. The first-order valence-corrected chi connectivity index (χ1v) is 13.6. The predicted molar refractivity (Wildman–Crippen MR) is 154 cm³/mol. The number of rotatable bonds is 5. The van der Waals surface area contributed by atoms with Crippen LogP contribution >= 0.6 is 46.3 Å². The highest BCUT2D eigenvalue weighted by Crippen LogP contribution is 2.35. The molecule has 0 saturated heterocycles. The maximum absolute atomic E-state index is 6.32. The minimum Gasteiger partial charge on any atom is -0.256 e. The Labute approximate surface area is 221 Å². The van der Waals surface area contributed by atoms with Gasteiger partial charge in [0.1, 0.15) is 0 Å². The number of thioether (sulfide) groups is 1. The maximum Gasteiger partial charge on any atom is 0.151 e. The van der Waals surface area contributed by atoms with Crippen molar-refractivity contribution in [2.75, 3.05) is 0 Å². The molecule has 35 heavy (non-hydrogen) atoms. The molecule has 0 aliphatic heterocycles. The summed E-state index contributed by atoms with van der Waals surface area (Å²) in [5.74, 6) is 0.721. The normalized spacial score (nSPS) is 11.8. The molecule has 0 fully saturated rings. The standard InChI is InChI=1S/C29H18Cl2N2S2/c30-21-9-11-26(31)20(14-21)17-34-29-33-27-12-10-22(15-28(27)35-29)32-16-25-23-7-3-1-5-18(23)13-19-6-2-4-8-24(19)25/h1-16H,17H2. The second-order valence-electron chi connectivity index (χ2n) is 8.15. The van der Waals surface area contributed by atoms with Crippen molar-refractivity contribution in [3.63, 3.8) is 0 Å². The minimum absolute atomic E-state index is 0.691. The van der Waals surface area contributed by atoms with Crippen molar-refractivity contribution in [3.8, 4) is 0 Å². The SMILES string of the molecule is Clc1ccc(Cl)c(CSc2nc3ccc(N=Cc4c5ccccc5cc5ccccc45)cc3s2)c1. The Morgan fingerprint density at radius 3 is 2.34 bits per heavy atom. The van der Waals surface area contributed by atoms with E-state index >= 15 is 0 Å². The van der Waals surface area contributed by atoms with Crippen molar-refractivity contribution in [3.05, 3.63) is 112 Å². The van der Waals surface area contributed by atoms with Crippen LogP contribution in [0.25, 0.3) is 31.8 Å². The summed E-state index contributed by atoms with van der Waals surface area (Å²) < 4.78 is 2.11. The molecule has 5 aromatic carbocycles. The van der Waals surface area contributed by atoms with E-state index in [0.717, 1.165) is 42.1 Å². The van der Waals surface area contributed by atoms with Gasteiger partial charge < -0.3 is 0 Å².